The molecule has 0 saturated heterocycles. The second kappa shape index (κ2) is 7.76. The van der Waals surface area contributed by atoms with Gasteiger partial charge in [-0.05, 0) is 38.8 Å². The maximum atomic E-state index is 6.29. The maximum absolute atomic E-state index is 6.29. The summed E-state index contributed by atoms with van der Waals surface area (Å²) in [5.74, 6) is 0. The summed E-state index contributed by atoms with van der Waals surface area (Å²) in [6.45, 7) is 5.98. The first kappa shape index (κ1) is 16.2. The molecule has 1 saturated carbocycles. The van der Waals surface area contributed by atoms with Crippen LogP contribution >= 0.6 is 0 Å². The van der Waals surface area contributed by atoms with Crippen molar-refractivity contribution in [3.63, 3.8) is 0 Å². The molecule has 0 aliphatic heterocycles. The highest BCUT2D eigenvalue weighted by Gasteiger charge is 2.42. The number of nitrogens with zero attached hydrogens (tertiary/aromatic N) is 1. The van der Waals surface area contributed by atoms with Crippen molar-refractivity contribution < 1.29 is 4.74 Å². The third kappa shape index (κ3) is 3.74. The summed E-state index contributed by atoms with van der Waals surface area (Å²) < 4.78 is 6.29. The van der Waals surface area contributed by atoms with Gasteiger partial charge in [0.05, 0.1) is 11.6 Å². The Morgan fingerprint density at radius 1 is 1.33 bits per heavy atom. The van der Waals surface area contributed by atoms with Gasteiger partial charge in [-0.1, -0.05) is 26.2 Å². The zero-order chi connectivity index (χ0) is 15.1. The van der Waals surface area contributed by atoms with Gasteiger partial charge in [-0.3, -0.25) is 4.98 Å². The summed E-state index contributed by atoms with van der Waals surface area (Å²) in [5.41, 5.74) is 7.97. The minimum atomic E-state index is -0.140. The van der Waals surface area contributed by atoms with E-state index in [-0.39, 0.29) is 11.6 Å². The van der Waals surface area contributed by atoms with E-state index in [0.717, 1.165) is 43.7 Å². The van der Waals surface area contributed by atoms with E-state index in [1.54, 1.807) is 6.20 Å². The Labute approximate surface area is 128 Å². The fraction of sp³-hybridized carbons (Fsp3) is 0.706. The number of nitrogen functional groups attached to an aromatic ring is 1. The highest BCUT2D eigenvalue weighted by Crippen LogP contribution is 2.42. The van der Waals surface area contributed by atoms with Gasteiger partial charge in [-0.15, -0.1) is 0 Å². The number of nitrogens with one attached hydrogen (secondary N) is 1. The van der Waals surface area contributed by atoms with Crippen LogP contribution < -0.4 is 11.1 Å². The molecular formula is C17H29N3O. The lowest BCUT2D eigenvalue weighted by atomic mass is 9.76. The standard InChI is InChI=1S/C17H29N3O/c1-3-11-20-16(14-13-19-12-8-15(14)18)17(21-4-2)9-6-5-7-10-17/h8,12-13,16,20H,3-7,9-11H2,1-2H3,(H2,18,19). The van der Waals surface area contributed by atoms with Crippen LogP contribution in [-0.2, 0) is 4.74 Å². The van der Waals surface area contributed by atoms with Crippen molar-refractivity contribution >= 4 is 5.69 Å². The van der Waals surface area contributed by atoms with Crippen LogP contribution in [0.2, 0.25) is 0 Å². The van der Waals surface area contributed by atoms with Gasteiger partial charge in [0.1, 0.15) is 0 Å². The molecule has 1 fully saturated rings. The fourth-order valence-corrected chi connectivity index (χ4v) is 3.48. The normalized spacial score (nSPS) is 19.3. The van der Waals surface area contributed by atoms with E-state index in [0.29, 0.717) is 0 Å². The van der Waals surface area contributed by atoms with Crippen molar-refractivity contribution in [3.05, 3.63) is 24.0 Å². The van der Waals surface area contributed by atoms with Crippen molar-refractivity contribution in [1.82, 2.24) is 10.3 Å². The van der Waals surface area contributed by atoms with Crippen LogP contribution in [0.1, 0.15) is 64.0 Å². The number of pyridine rings is 1. The second-order valence-corrected chi connectivity index (χ2v) is 5.95. The Morgan fingerprint density at radius 2 is 2.10 bits per heavy atom. The summed E-state index contributed by atoms with van der Waals surface area (Å²) in [6, 6.07) is 2.02. The Morgan fingerprint density at radius 3 is 2.71 bits per heavy atom. The zero-order valence-corrected chi connectivity index (χ0v) is 13.4. The zero-order valence-electron chi connectivity index (χ0n) is 13.4. The van der Waals surface area contributed by atoms with Crippen LogP contribution in [0.25, 0.3) is 0 Å². The molecule has 0 bridgehead atoms. The Kier molecular flexibility index (Phi) is 6.00. The lowest BCUT2D eigenvalue weighted by Gasteiger charge is -2.44. The minimum Gasteiger partial charge on any atom is -0.398 e. The minimum absolute atomic E-state index is 0.131. The first-order chi connectivity index (χ1) is 10.2. The van der Waals surface area contributed by atoms with Crippen LogP contribution in [0.4, 0.5) is 5.69 Å². The number of hydrogen-bond acceptors (Lipinski definition) is 4. The Bertz CT molecular complexity index is 424. The summed E-state index contributed by atoms with van der Waals surface area (Å²) in [6.07, 6.45) is 10.7. The summed E-state index contributed by atoms with van der Waals surface area (Å²) in [7, 11) is 0. The quantitative estimate of drug-likeness (QED) is 0.808. The molecule has 118 valence electrons. The number of nitrogens with two attached hydrogens (primary N) is 1. The predicted molar refractivity (Wildman–Crippen MR) is 87.1 cm³/mol. The largest absolute Gasteiger partial charge is 0.398 e. The molecule has 4 heteroatoms. The molecule has 21 heavy (non-hydrogen) atoms. The lowest BCUT2D eigenvalue weighted by Crippen LogP contribution is -2.48. The number of anilines is 1. The van der Waals surface area contributed by atoms with Crippen LogP contribution in [0, 0.1) is 0 Å². The van der Waals surface area contributed by atoms with Gasteiger partial charge in [-0.2, -0.15) is 0 Å². The van der Waals surface area contributed by atoms with Crippen LogP contribution in [0.5, 0.6) is 0 Å². The average Bonchev–Trinajstić information content (AvgIpc) is 2.50. The van der Waals surface area contributed by atoms with Crippen molar-refractivity contribution in [3.8, 4) is 0 Å². The monoisotopic (exact) mass is 291 g/mol. The van der Waals surface area contributed by atoms with E-state index in [2.05, 4.69) is 24.1 Å². The molecule has 1 unspecified atom stereocenters. The van der Waals surface area contributed by atoms with Gasteiger partial charge in [0.15, 0.2) is 0 Å². The molecule has 0 radical (unpaired) electrons. The molecule has 3 N–H and O–H groups in total. The number of rotatable bonds is 7. The first-order valence-electron chi connectivity index (χ1n) is 8.30. The fourth-order valence-electron chi connectivity index (χ4n) is 3.48. The van der Waals surface area contributed by atoms with Crippen molar-refractivity contribution in [2.45, 2.75) is 64.0 Å². The molecule has 1 aromatic heterocycles. The topological polar surface area (TPSA) is 60.2 Å². The van der Waals surface area contributed by atoms with E-state index in [4.69, 9.17) is 10.5 Å². The number of hydrogen-bond donors (Lipinski definition) is 2. The van der Waals surface area contributed by atoms with Crippen molar-refractivity contribution in [2.24, 2.45) is 0 Å². The third-order valence-corrected chi connectivity index (χ3v) is 4.45. The molecule has 1 atom stereocenters. The van der Waals surface area contributed by atoms with Crippen LogP contribution in [-0.4, -0.2) is 23.7 Å². The molecule has 0 spiro atoms. The highest BCUT2D eigenvalue weighted by atomic mass is 16.5. The lowest BCUT2D eigenvalue weighted by molar-refractivity contribution is -0.0911. The van der Waals surface area contributed by atoms with Gasteiger partial charge >= 0.3 is 0 Å². The van der Waals surface area contributed by atoms with Crippen LogP contribution in [0.15, 0.2) is 18.5 Å². The first-order valence-corrected chi connectivity index (χ1v) is 8.30. The predicted octanol–water partition coefficient (Wildman–Crippen LogP) is 3.44. The van der Waals surface area contributed by atoms with E-state index in [1.165, 1.54) is 19.3 Å². The van der Waals surface area contributed by atoms with E-state index >= 15 is 0 Å². The highest BCUT2D eigenvalue weighted by molar-refractivity contribution is 5.47. The van der Waals surface area contributed by atoms with Gasteiger partial charge in [0.25, 0.3) is 0 Å². The van der Waals surface area contributed by atoms with E-state index in [1.807, 2.05) is 12.3 Å². The van der Waals surface area contributed by atoms with Crippen molar-refractivity contribution in [1.29, 1.82) is 0 Å². The number of ether oxygens (including phenoxy) is 1. The van der Waals surface area contributed by atoms with Crippen LogP contribution in [0.3, 0.4) is 0 Å². The van der Waals surface area contributed by atoms with E-state index in [9.17, 15) is 0 Å². The molecule has 0 amide bonds. The second-order valence-electron chi connectivity index (χ2n) is 5.95. The summed E-state index contributed by atoms with van der Waals surface area (Å²) >= 11 is 0. The molecule has 2 rings (SSSR count). The molecule has 1 aliphatic rings. The summed E-state index contributed by atoms with van der Waals surface area (Å²) in [5, 5.41) is 3.68. The molecular weight excluding hydrogens is 262 g/mol. The smallest absolute Gasteiger partial charge is 0.0877 e. The molecule has 0 aromatic carbocycles. The van der Waals surface area contributed by atoms with Gasteiger partial charge < -0.3 is 15.8 Å². The third-order valence-electron chi connectivity index (χ3n) is 4.45. The molecule has 1 aliphatic carbocycles. The van der Waals surface area contributed by atoms with Gasteiger partial charge in [0.2, 0.25) is 0 Å². The summed E-state index contributed by atoms with van der Waals surface area (Å²) in [4.78, 5) is 4.29. The Balaban J connectivity index is 2.34. The molecule has 1 heterocycles. The average molecular weight is 291 g/mol. The SMILES string of the molecule is CCCNC(c1cnccc1N)C1(OCC)CCCCC1. The van der Waals surface area contributed by atoms with Gasteiger partial charge in [-0.25, -0.2) is 0 Å². The van der Waals surface area contributed by atoms with Crippen molar-refractivity contribution in [2.75, 3.05) is 18.9 Å². The number of aromatic nitrogens is 1. The molecule has 4 nitrogen and oxygen atoms in total. The Hall–Kier alpha value is -1.13. The molecule has 1 aromatic rings. The van der Waals surface area contributed by atoms with Gasteiger partial charge in [0, 0.05) is 30.3 Å². The maximum Gasteiger partial charge on any atom is 0.0877 e. The van der Waals surface area contributed by atoms with E-state index < -0.39 is 0 Å².